The molecule has 0 saturated heterocycles. The third-order valence-corrected chi connectivity index (χ3v) is 6.26. The number of aromatic nitrogens is 4. The minimum Gasteiger partial charge on any atom is -0.478 e. The van der Waals surface area contributed by atoms with Gasteiger partial charge in [-0.2, -0.15) is 0 Å². The number of carboxylic acid groups (broad SMARTS) is 1. The summed E-state index contributed by atoms with van der Waals surface area (Å²) in [6.45, 7) is 1.86. The number of carbonyl (C=O) groups excluding carboxylic acids is 2. The maximum Gasteiger partial charge on any atom is 0.335 e. The van der Waals surface area contributed by atoms with Gasteiger partial charge in [-0.05, 0) is 65.1 Å². The normalized spacial score (nSPS) is 10.8. The number of nitrogens with zero attached hydrogens (tertiary/aromatic N) is 4. The predicted molar refractivity (Wildman–Crippen MR) is 143 cm³/mol. The van der Waals surface area contributed by atoms with E-state index in [0.29, 0.717) is 37.3 Å². The van der Waals surface area contributed by atoms with Crippen LogP contribution in [0.4, 0.5) is 5.69 Å². The quantitative estimate of drug-likeness (QED) is 0.247. The maximum atomic E-state index is 13.3. The number of H-pyrrole nitrogens is 1. The summed E-state index contributed by atoms with van der Waals surface area (Å²) >= 11 is 0. The zero-order valence-electron chi connectivity index (χ0n) is 21.1. The maximum absolute atomic E-state index is 13.3. The van der Waals surface area contributed by atoms with Crippen LogP contribution in [0.3, 0.4) is 0 Å². The van der Waals surface area contributed by atoms with Crippen LogP contribution in [0.15, 0.2) is 72.8 Å². The van der Waals surface area contributed by atoms with Gasteiger partial charge in [-0.1, -0.05) is 61.0 Å². The largest absolute Gasteiger partial charge is 0.478 e. The van der Waals surface area contributed by atoms with Crippen LogP contribution in [0.2, 0.25) is 0 Å². The Morgan fingerprint density at radius 1 is 0.868 bits per heavy atom. The van der Waals surface area contributed by atoms with E-state index in [9.17, 15) is 19.5 Å². The van der Waals surface area contributed by atoms with Crippen molar-refractivity contribution < 1.29 is 19.5 Å². The first-order chi connectivity index (χ1) is 18.4. The first kappa shape index (κ1) is 26.4. The lowest BCUT2D eigenvalue weighted by Gasteiger charge is -2.24. The molecule has 0 unspecified atom stereocenters. The number of hydrogen-bond acceptors (Lipinski definition) is 6. The summed E-state index contributed by atoms with van der Waals surface area (Å²) in [5.41, 5.74) is 4.36. The number of ketones is 1. The van der Waals surface area contributed by atoms with Crippen molar-refractivity contribution in [1.29, 1.82) is 0 Å². The molecule has 0 spiro atoms. The highest BCUT2D eigenvalue weighted by Gasteiger charge is 2.18. The summed E-state index contributed by atoms with van der Waals surface area (Å²) in [6.07, 6.45) is 3.02. The Balaban J connectivity index is 1.54. The third kappa shape index (κ3) is 6.76. The fraction of sp³-hybridized carbons (Fsp3) is 0.241. The van der Waals surface area contributed by atoms with E-state index in [1.165, 1.54) is 12.1 Å². The second kappa shape index (κ2) is 12.5. The number of aromatic amines is 1. The monoisotopic (exact) mass is 511 g/mol. The summed E-state index contributed by atoms with van der Waals surface area (Å²) in [5.74, 6) is -0.425. The predicted octanol–water partition coefficient (Wildman–Crippen LogP) is 5.30. The van der Waals surface area contributed by atoms with E-state index in [4.69, 9.17) is 0 Å². The highest BCUT2D eigenvalue weighted by Crippen LogP contribution is 2.30. The molecule has 1 heterocycles. The molecular formula is C29H29N5O4. The molecule has 1 amide bonds. The Morgan fingerprint density at radius 3 is 2.29 bits per heavy atom. The van der Waals surface area contributed by atoms with Gasteiger partial charge in [-0.25, -0.2) is 9.89 Å². The van der Waals surface area contributed by atoms with Crippen LogP contribution in [-0.2, 0) is 16.1 Å². The van der Waals surface area contributed by atoms with Crippen molar-refractivity contribution in [1.82, 2.24) is 20.6 Å². The van der Waals surface area contributed by atoms with E-state index >= 15 is 0 Å². The average Bonchev–Trinajstić information content (AvgIpc) is 3.47. The van der Waals surface area contributed by atoms with Gasteiger partial charge in [-0.15, -0.1) is 5.10 Å². The molecule has 0 aliphatic carbocycles. The van der Waals surface area contributed by atoms with Gasteiger partial charge in [0, 0.05) is 24.1 Å². The number of rotatable bonds is 12. The van der Waals surface area contributed by atoms with Crippen LogP contribution in [0, 0.1) is 0 Å². The van der Waals surface area contributed by atoms with Gasteiger partial charge in [0.15, 0.2) is 5.82 Å². The van der Waals surface area contributed by atoms with Crippen LogP contribution in [0.25, 0.3) is 22.5 Å². The standard InChI is InChI=1S/C29H29N5O4/c1-20(35)8-3-2-4-13-27(36)34(24-10-7-9-23(18-24)29(37)38)19-21-14-16-22(17-15-21)25-11-5-6-12-26(25)28-30-32-33-31-28/h5-7,9-12,14-18H,2-4,8,13,19H2,1H3,(H,37,38)(H,30,31,32,33). The van der Waals surface area contributed by atoms with Gasteiger partial charge in [0.05, 0.1) is 12.1 Å². The molecule has 0 atom stereocenters. The number of anilines is 1. The Labute approximate surface area is 220 Å². The van der Waals surface area contributed by atoms with Gasteiger partial charge in [0.1, 0.15) is 5.78 Å². The molecule has 0 aliphatic heterocycles. The number of Topliss-reactive ketones (excluding diaryl/α,β-unsaturated/α-hetero) is 1. The summed E-state index contributed by atoms with van der Waals surface area (Å²) in [5, 5.41) is 23.6. The summed E-state index contributed by atoms with van der Waals surface area (Å²) in [7, 11) is 0. The van der Waals surface area contributed by atoms with Crippen molar-refractivity contribution in [3.63, 3.8) is 0 Å². The van der Waals surface area contributed by atoms with Crippen LogP contribution >= 0.6 is 0 Å². The second-order valence-corrected chi connectivity index (χ2v) is 9.09. The van der Waals surface area contributed by atoms with E-state index in [0.717, 1.165) is 35.1 Å². The SMILES string of the molecule is CC(=O)CCCCCC(=O)N(Cc1ccc(-c2ccccc2-c2nnn[nH]2)cc1)c1cccc(C(=O)O)c1. The number of unbranched alkanes of at least 4 members (excludes halogenated alkanes) is 2. The number of carbonyl (C=O) groups is 3. The fourth-order valence-electron chi connectivity index (χ4n) is 4.28. The highest BCUT2D eigenvalue weighted by molar-refractivity contribution is 5.95. The molecule has 194 valence electrons. The van der Waals surface area contributed by atoms with Gasteiger partial charge in [-0.3, -0.25) is 4.79 Å². The molecule has 0 fully saturated rings. The molecular weight excluding hydrogens is 482 g/mol. The zero-order valence-corrected chi connectivity index (χ0v) is 21.1. The fourth-order valence-corrected chi connectivity index (χ4v) is 4.28. The summed E-state index contributed by atoms with van der Waals surface area (Å²) in [6, 6.07) is 22.1. The topological polar surface area (TPSA) is 129 Å². The number of amides is 1. The third-order valence-electron chi connectivity index (χ3n) is 6.26. The van der Waals surface area contributed by atoms with Gasteiger partial charge < -0.3 is 14.8 Å². The van der Waals surface area contributed by atoms with E-state index in [2.05, 4.69) is 20.6 Å². The lowest BCUT2D eigenvalue weighted by Crippen LogP contribution is -2.30. The van der Waals surface area contributed by atoms with E-state index < -0.39 is 5.97 Å². The molecule has 4 aromatic rings. The van der Waals surface area contributed by atoms with Gasteiger partial charge >= 0.3 is 5.97 Å². The van der Waals surface area contributed by atoms with Crippen LogP contribution in [0.5, 0.6) is 0 Å². The Kier molecular flexibility index (Phi) is 8.71. The number of hydrogen-bond donors (Lipinski definition) is 2. The number of nitrogens with one attached hydrogen (secondary N) is 1. The number of tetrazole rings is 1. The molecule has 9 nitrogen and oxygen atoms in total. The van der Waals surface area contributed by atoms with Crippen molar-refractivity contribution in [3.8, 4) is 22.5 Å². The van der Waals surface area contributed by atoms with E-state index in [-0.39, 0.29) is 17.3 Å². The highest BCUT2D eigenvalue weighted by atomic mass is 16.4. The molecule has 2 N–H and O–H groups in total. The molecule has 3 aromatic carbocycles. The van der Waals surface area contributed by atoms with Crippen molar-refractivity contribution in [2.24, 2.45) is 0 Å². The molecule has 0 saturated carbocycles. The summed E-state index contributed by atoms with van der Waals surface area (Å²) < 4.78 is 0. The van der Waals surface area contributed by atoms with E-state index in [1.54, 1.807) is 24.0 Å². The average molecular weight is 512 g/mol. The molecule has 38 heavy (non-hydrogen) atoms. The van der Waals surface area contributed by atoms with Gasteiger partial charge in [0.25, 0.3) is 0 Å². The zero-order chi connectivity index (χ0) is 26.9. The molecule has 4 rings (SSSR count). The smallest absolute Gasteiger partial charge is 0.335 e. The lowest BCUT2D eigenvalue weighted by molar-refractivity contribution is -0.119. The summed E-state index contributed by atoms with van der Waals surface area (Å²) in [4.78, 5) is 37.6. The van der Waals surface area contributed by atoms with Crippen molar-refractivity contribution >= 4 is 23.3 Å². The van der Waals surface area contributed by atoms with Crippen LogP contribution in [-0.4, -0.2) is 43.4 Å². The van der Waals surface area contributed by atoms with Crippen molar-refractivity contribution in [3.05, 3.63) is 83.9 Å². The molecule has 0 radical (unpaired) electrons. The first-order valence-electron chi connectivity index (χ1n) is 12.5. The van der Waals surface area contributed by atoms with Crippen LogP contribution < -0.4 is 4.90 Å². The van der Waals surface area contributed by atoms with E-state index in [1.807, 2.05) is 48.5 Å². The Morgan fingerprint density at radius 2 is 1.61 bits per heavy atom. The van der Waals surface area contributed by atoms with Crippen molar-refractivity contribution in [2.75, 3.05) is 4.90 Å². The minimum absolute atomic E-state index is 0.0948. The van der Waals surface area contributed by atoms with Crippen LogP contribution in [0.1, 0.15) is 54.9 Å². The van der Waals surface area contributed by atoms with Gasteiger partial charge in [0.2, 0.25) is 5.91 Å². The molecule has 1 aromatic heterocycles. The minimum atomic E-state index is -1.05. The number of aromatic carboxylic acids is 1. The molecule has 0 aliphatic rings. The number of benzene rings is 3. The molecule has 9 heteroatoms. The lowest BCUT2D eigenvalue weighted by atomic mass is 9.98. The number of carboxylic acids is 1. The Bertz CT molecular complexity index is 1400. The second-order valence-electron chi connectivity index (χ2n) is 9.09. The Hall–Kier alpha value is -4.66. The molecule has 0 bridgehead atoms. The van der Waals surface area contributed by atoms with Crippen molar-refractivity contribution in [2.45, 2.75) is 45.6 Å². The first-order valence-corrected chi connectivity index (χ1v) is 12.5.